The summed E-state index contributed by atoms with van der Waals surface area (Å²) in [5, 5.41) is 32.5. The first kappa shape index (κ1) is 25.9. The number of hydrogen-bond donors (Lipinski definition) is 2. The number of anilines is 1. The predicted molar refractivity (Wildman–Crippen MR) is 122 cm³/mol. The van der Waals surface area contributed by atoms with Crippen LogP contribution in [-0.4, -0.2) is 76.1 Å². The van der Waals surface area contributed by atoms with Crippen molar-refractivity contribution >= 4 is 30.0 Å². The van der Waals surface area contributed by atoms with E-state index < -0.39 is 34.9 Å². The van der Waals surface area contributed by atoms with Crippen molar-refractivity contribution in [2.24, 2.45) is 0 Å². The van der Waals surface area contributed by atoms with Gasteiger partial charge in [0.25, 0.3) is 5.69 Å². The third-order valence-electron chi connectivity index (χ3n) is 5.63. The molecule has 2 rings (SSSR count). The van der Waals surface area contributed by atoms with Crippen LogP contribution in [-0.2, 0) is 9.39 Å². The molecule has 0 spiro atoms. The Morgan fingerprint density at radius 1 is 1.09 bits per heavy atom. The largest absolute Gasteiger partial charge is 0.491 e. The molecule has 1 heterocycles. The number of nitro groups is 1. The standard InChI is InChI=1S/C21H34BN3O7/c1-19(2,3)31-18(26)24-12-10-23(11-13-24)16-9-8-15(14-17(16)25(29)30)22(28)32-21(6,7)20(4,5)27/h8-9,14,27-28H,10-13H2,1-7H3. The third-order valence-corrected chi connectivity index (χ3v) is 5.63. The fourth-order valence-electron chi connectivity index (χ4n) is 3.06. The van der Waals surface area contributed by atoms with E-state index in [1.807, 2.05) is 4.90 Å². The second-order valence-electron chi connectivity index (χ2n) is 10.00. The normalized spacial score (nSPS) is 15.5. The molecule has 0 saturated carbocycles. The monoisotopic (exact) mass is 451 g/mol. The van der Waals surface area contributed by atoms with E-state index >= 15 is 0 Å². The van der Waals surface area contributed by atoms with Crippen molar-refractivity contribution < 1.29 is 29.2 Å². The molecule has 0 bridgehead atoms. The number of piperazine rings is 1. The number of rotatable bonds is 6. The van der Waals surface area contributed by atoms with Crippen LogP contribution >= 0.6 is 0 Å². The van der Waals surface area contributed by atoms with Crippen LogP contribution in [0.2, 0.25) is 0 Å². The average molecular weight is 451 g/mol. The van der Waals surface area contributed by atoms with Crippen LogP contribution in [0.15, 0.2) is 18.2 Å². The Morgan fingerprint density at radius 3 is 2.12 bits per heavy atom. The van der Waals surface area contributed by atoms with Gasteiger partial charge in [0.2, 0.25) is 0 Å². The summed E-state index contributed by atoms with van der Waals surface area (Å²) >= 11 is 0. The Balaban J connectivity index is 2.16. The summed E-state index contributed by atoms with van der Waals surface area (Å²) in [5.74, 6) is 0. The summed E-state index contributed by atoms with van der Waals surface area (Å²) < 4.78 is 11.0. The van der Waals surface area contributed by atoms with Crippen LogP contribution in [0.5, 0.6) is 0 Å². The second-order valence-corrected chi connectivity index (χ2v) is 10.00. The number of carbonyl (C=O) groups excluding carboxylic acids is 1. The minimum absolute atomic E-state index is 0.170. The topological polar surface area (TPSA) is 126 Å². The summed E-state index contributed by atoms with van der Waals surface area (Å²) in [6.45, 7) is 13.3. The van der Waals surface area contributed by atoms with E-state index in [-0.39, 0.29) is 11.2 Å². The van der Waals surface area contributed by atoms with Gasteiger partial charge in [0.1, 0.15) is 11.3 Å². The predicted octanol–water partition coefficient (Wildman–Crippen LogP) is 1.91. The quantitative estimate of drug-likeness (QED) is 0.382. The molecule has 0 unspecified atom stereocenters. The summed E-state index contributed by atoms with van der Waals surface area (Å²) in [7, 11) is -1.45. The van der Waals surface area contributed by atoms with Crippen LogP contribution < -0.4 is 10.4 Å². The van der Waals surface area contributed by atoms with Crippen molar-refractivity contribution in [3.63, 3.8) is 0 Å². The lowest BCUT2D eigenvalue weighted by Gasteiger charge is -2.38. The molecule has 11 heteroatoms. The van der Waals surface area contributed by atoms with E-state index in [1.165, 1.54) is 6.07 Å². The average Bonchev–Trinajstić information content (AvgIpc) is 2.65. The van der Waals surface area contributed by atoms with Gasteiger partial charge in [-0.05, 0) is 60.0 Å². The highest BCUT2D eigenvalue weighted by atomic mass is 16.6. The maximum Gasteiger partial charge on any atom is 0.491 e. The zero-order valence-corrected chi connectivity index (χ0v) is 19.9. The van der Waals surface area contributed by atoms with Crippen molar-refractivity contribution in [2.75, 3.05) is 31.1 Å². The van der Waals surface area contributed by atoms with Crippen molar-refractivity contribution in [1.82, 2.24) is 4.90 Å². The van der Waals surface area contributed by atoms with Gasteiger partial charge in [0, 0.05) is 32.2 Å². The van der Waals surface area contributed by atoms with Gasteiger partial charge in [0.05, 0.1) is 16.1 Å². The van der Waals surface area contributed by atoms with Gasteiger partial charge in [-0.2, -0.15) is 0 Å². The lowest BCUT2D eigenvalue weighted by Crippen LogP contribution is -2.53. The molecule has 1 aliphatic rings. The van der Waals surface area contributed by atoms with E-state index in [0.717, 1.165) is 0 Å². The van der Waals surface area contributed by atoms with Gasteiger partial charge >= 0.3 is 13.2 Å². The molecule has 10 nitrogen and oxygen atoms in total. The van der Waals surface area contributed by atoms with Gasteiger partial charge in [0.15, 0.2) is 0 Å². The number of nitro benzene ring substituents is 1. The zero-order valence-electron chi connectivity index (χ0n) is 19.9. The number of benzene rings is 1. The summed E-state index contributed by atoms with van der Waals surface area (Å²) in [4.78, 5) is 26.9. The van der Waals surface area contributed by atoms with Crippen LogP contribution in [0.25, 0.3) is 0 Å². The molecule has 0 radical (unpaired) electrons. The highest BCUT2D eigenvalue weighted by Crippen LogP contribution is 2.29. The molecular weight excluding hydrogens is 417 g/mol. The Morgan fingerprint density at radius 2 is 1.66 bits per heavy atom. The summed E-state index contributed by atoms with van der Waals surface area (Å²) in [6, 6.07) is 4.41. The van der Waals surface area contributed by atoms with Gasteiger partial charge in [-0.15, -0.1) is 0 Å². The highest BCUT2D eigenvalue weighted by Gasteiger charge is 2.40. The smallest absolute Gasteiger partial charge is 0.444 e. The maximum atomic E-state index is 12.3. The van der Waals surface area contributed by atoms with Crippen molar-refractivity contribution in [1.29, 1.82) is 0 Å². The minimum Gasteiger partial charge on any atom is -0.444 e. The molecule has 1 fully saturated rings. The minimum atomic E-state index is -1.45. The van der Waals surface area contributed by atoms with Gasteiger partial charge in [-0.25, -0.2) is 4.79 Å². The molecule has 1 aromatic carbocycles. The van der Waals surface area contributed by atoms with Crippen molar-refractivity contribution in [3.05, 3.63) is 28.3 Å². The number of nitrogens with zero attached hydrogens (tertiary/aromatic N) is 3. The summed E-state index contributed by atoms with van der Waals surface area (Å²) in [6.07, 6.45) is -0.406. The Hall–Kier alpha value is -2.37. The van der Waals surface area contributed by atoms with E-state index in [2.05, 4.69) is 0 Å². The molecule has 0 aliphatic carbocycles. The first-order valence-corrected chi connectivity index (χ1v) is 10.6. The van der Waals surface area contributed by atoms with Crippen LogP contribution in [0.1, 0.15) is 48.5 Å². The highest BCUT2D eigenvalue weighted by molar-refractivity contribution is 6.60. The lowest BCUT2D eigenvalue weighted by atomic mass is 9.76. The van der Waals surface area contributed by atoms with E-state index in [9.17, 15) is 25.0 Å². The molecule has 0 aromatic heterocycles. The third kappa shape index (κ3) is 6.33. The molecule has 0 atom stereocenters. The van der Waals surface area contributed by atoms with E-state index in [1.54, 1.807) is 65.5 Å². The van der Waals surface area contributed by atoms with Crippen LogP contribution in [0, 0.1) is 10.1 Å². The number of ether oxygens (including phenoxy) is 1. The Kier molecular flexibility index (Phi) is 7.48. The molecule has 1 aromatic rings. The molecule has 1 amide bonds. The molecular formula is C21H34BN3O7. The SMILES string of the molecule is CC(C)(C)OC(=O)N1CCN(c2ccc(B(O)OC(C)(C)C(C)(C)O)cc2[N+](=O)[O-])CC1. The maximum absolute atomic E-state index is 12.3. The Labute approximate surface area is 189 Å². The first-order chi connectivity index (χ1) is 14.5. The van der Waals surface area contributed by atoms with Gasteiger partial charge < -0.3 is 29.3 Å². The summed E-state index contributed by atoms with van der Waals surface area (Å²) in [5.41, 5.74) is -2.49. The number of aliphatic hydroxyl groups is 1. The van der Waals surface area contributed by atoms with Crippen LogP contribution in [0.4, 0.5) is 16.2 Å². The number of hydrogen-bond acceptors (Lipinski definition) is 8. The number of carbonyl (C=O) groups is 1. The fourth-order valence-corrected chi connectivity index (χ4v) is 3.06. The molecule has 178 valence electrons. The second kappa shape index (κ2) is 9.25. The van der Waals surface area contributed by atoms with Gasteiger partial charge in [-0.3, -0.25) is 10.1 Å². The molecule has 2 N–H and O–H groups in total. The number of amides is 1. The van der Waals surface area contributed by atoms with E-state index in [0.29, 0.717) is 31.9 Å². The Bertz CT molecular complexity index is 841. The van der Waals surface area contributed by atoms with E-state index in [4.69, 9.17) is 9.39 Å². The molecule has 32 heavy (non-hydrogen) atoms. The molecule has 1 saturated heterocycles. The first-order valence-electron chi connectivity index (χ1n) is 10.6. The van der Waals surface area contributed by atoms with Crippen molar-refractivity contribution in [3.8, 4) is 0 Å². The van der Waals surface area contributed by atoms with Crippen LogP contribution in [0.3, 0.4) is 0 Å². The van der Waals surface area contributed by atoms with Crippen molar-refractivity contribution in [2.45, 2.75) is 65.3 Å². The fraction of sp³-hybridized carbons (Fsp3) is 0.667. The van der Waals surface area contributed by atoms with Gasteiger partial charge in [-0.1, -0.05) is 6.07 Å². The molecule has 1 aliphatic heterocycles. The zero-order chi connectivity index (χ0) is 24.5. The lowest BCUT2D eigenvalue weighted by molar-refractivity contribution is -0.384.